The first kappa shape index (κ1) is 25.9. The average Bonchev–Trinajstić information content (AvgIpc) is 3.31. The molecule has 1 aliphatic carbocycles. The molecule has 0 amide bonds. The molecule has 36 heavy (non-hydrogen) atoms. The van der Waals surface area contributed by atoms with Crippen molar-refractivity contribution in [1.82, 2.24) is 19.5 Å². The molecule has 1 aliphatic rings. The summed E-state index contributed by atoms with van der Waals surface area (Å²) in [6.07, 6.45) is 6.94. The number of nitrogens with zero attached hydrogens (tertiary/aromatic N) is 4. The van der Waals surface area contributed by atoms with Gasteiger partial charge in [-0.2, -0.15) is 9.97 Å². The van der Waals surface area contributed by atoms with Crippen molar-refractivity contribution in [3.05, 3.63) is 66.5 Å². The van der Waals surface area contributed by atoms with Gasteiger partial charge in [0.05, 0.1) is 6.33 Å². The maximum absolute atomic E-state index is 6.09. The second-order valence-corrected chi connectivity index (χ2v) is 9.81. The summed E-state index contributed by atoms with van der Waals surface area (Å²) in [7, 11) is 0. The molecule has 5 rings (SSSR count). The van der Waals surface area contributed by atoms with Crippen LogP contribution in [0.4, 0.5) is 11.8 Å². The fourth-order valence-corrected chi connectivity index (χ4v) is 4.75. The molecule has 0 spiro atoms. The van der Waals surface area contributed by atoms with E-state index in [1.807, 2.05) is 12.4 Å². The molecule has 190 valence electrons. The van der Waals surface area contributed by atoms with E-state index in [1.54, 1.807) is 0 Å². The van der Waals surface area contributed by atoms with Crippen LogP contribution in [0.1, 0.15) is 51.1 Å². The van der Waals surface area contributed by atoms with Crippen molar-refractivity contribution in [2.24, 2.45) is 5.73 Å². The van der Waals surface area contributed by atoms with Gasteiger partial charge in [-0.05, 0) is 62.6 Å². The molecule has 0 saturated heterocycles. The summed E-state index contributed by atoms with van der Waals surface area (Å²) >= 11 is 0. The molecule has 2 heterocycles. The van der Waals surface area contributed by atoms with Crippen LogP contribution in [0, 0.1) is 0 Å². The van der Waals surface area contributed by atoms with Gasteiger partial charge in [-0.15, -0.1) is 12.4 Å². The summed E-state index contributed by atoms with van der Waals surface area (Å²) in [6.45, 7) is 5.05. The number of fused-ring (bicyclic) bond motifs is 1. The van der Waals surface area contributed by atoms with Gasteiger partial charge in [-0.3, -0.25) is 0 Å². The molecule has 4 aromatic rings. The Labute approximate surface area is 219 Å². The second-order valence-electron chi connectivity index (χ2n) is 9.81. The maximum Gasteiger partial charge on any atom is 0.227 e. The quantitative estimate of drug-likeness (QED) is 0.279. The van der Waals surface area contributed by atoms with Crippen LogP contribution in [0.2, 0.25) is 0 Å². The molecule has 0 aliphatic heterocycles. The summed E-state index contributed by atoms with van der Waals surface area (Å²) < 4.78 is 2.10. The fourth-order valence-electron chi connectivity index (χ4n) is 4.75. The molecule has 0 unspecified atom stereocenters. The summed E-state index contributed by atoms with van der Waals surface area (Å²) in [5.41, 5.74) is 11.5. The summed E-state index contributed by atoms with van der Waals surface area (Å²) in [6, 6.07) is 20.2. The van der Waals surface area contributed by atoms with E-state index in [2.05, 4.69) is 82.6 Å². The number of rotatable bonds is 8. The van der Waals surface area contributed by atoms with Crippen molar-refractivity contribution >= 4 is 35.3 Å². The van der Waals surface area contributed by atoms with Crippen molar-refractivity contribution in [3.63, 3.8) is 0 Å². The Morgan fingerprint density at radius 2 is 1.64 bits per heavy atom. The minimum Gasteiger partial charge on any atom is -0.368 e. The van der Waals surface area contributed by atoms with Crippen LogP contribution in [0.25, 0.3) is 22.3 Å². The average molecular weight is 506 g/mol. The second kappa shape index (κ2) is 11.7. The van der Waals surface area contributed by atoms with Crippen molar-refractivity contribution in [2.75, 3.05) is 17.2 Å². The number of halogens is 1. The SMILES string of the molecule is CC(C)n1cnc2c(NCCc3ccc(-c4ccccc4)cc3)nc(NC3CCC(N)CC3)nc21.Cl. The number of nitrogens with one attached hydrogen (secondary N) is 2. The molecule has 8 heteroatoms. The van der Waals surface area contributed by atoms with Gasteiger partial charge >= 0.3 is 0 Å². The molecule has 2 aromatic heterocycles. The van der Waals surface area contributed by atoms with Gasteiger partial charge < -0.3 is 20.9 Å². The zero-order valence-electron chi connectivity index (χ0n) is 21.0. The van der Waals surface area contributed by atoms with E-state index in [9.17, 15) is 0 Å². The lowest BCUT2D eigenvalue weighted by Gasteiger charge is -2.27. The Kier molecular flexibility index (Phi) is 8.44. The van der Waals surface area contributed by atoms with E-state index < -0.39 is 0 Å². The molecular weight excluding hydrogens is 470 g/mol. The Bertz CT molecular complexity index is 1250. The number of nitrogens with two attached hydrogens (primary N) is 1. The zero-order valence-corrected chi connectivity index (χ0v) is 21.8. The van der Waals surface area contributed by atoms with Crippen molar-refractivity contribution in [3.8, 4) is 11.1 Å². The topological polar surface area (TPSA) is 93.7 Å². The Morgan fingerprint density at radius 3 is 2.33 bits per heavy atom. The molecule has 4 N–H and O–H groups in total. The normalized spacial score (nSPS) is 17.7. The molecule has 1 saturated carbocycles. The lowest BCUT2D eigenvalue weighted by Crippen LogP contribution is -2.33. The van der Waals surface area contributed by atoms with Crippen LogP contribution in [0.3, 0.4) is 0 Å². The van der Waals surface area contributed by atoms with Gasteiger partial charge in [0.15, 0.2) is 17.0 Å². The number of anilines is 2. The Hall–Kier alpha value is -3.16. The van der Waals surface area contributed by atoms with Crippen molar-refractivity contribution in [1.29, 1.82) is 0 Å². The zero-order chi connectivity index (χ0) is 24.2. The first-order valence-electron chi connectivity index (χ1n) is 12.7. The lowest BCUT2D eigenvalue weighted by atomic mass is 9.92. The van der Waals surface area contributed by atoms with E-state index >= 15 is 0 Å². The van der Waals surface area contributed by atoms with Crippen LogP contribution in [0.15, 0.2) is 60.9 Å². The van der Waals surface area contributed by atoms with Crippen LogP contribution < -0.4 is 16.4 Å². The molecule has 7 nitrogen and oxygen atoms in total. The molecule has 0 atom stereocenters. The highest BCUT2D eigenvalue weighted by Gasteiger charge is 2.21. The minimum absolute atomic E-state index is 0. The number of imidazole rings is 1. The Morgan fingerprint density at radius 1 is 0.944 bits per heavy atom. The monoisotopic (exact) mass is 505 g/mol. The Balaban J connectivity index is 0.00000304. The maximum atomic E-state index is 6.09. The number of hydrogen-bond acceptors (Lipinski definition) is 6. The molecular formula is C28H36ClN7. The van der Waals surface area contributed by atoms with Crippen molar-refractivity contribution < 1.29 is 0 Å². The van der Waals surface area contributed by atoms with Crippen LogP contribution in [-0.4, -0.2) is 38.1 Å². The van der Waals surface area contributed by atoms with Gasteiger partial charge in [0.2, 0.25) is 5.95 Å². The smallest absolute Gasteiger partial charge is 0.227 e. The summed E-state index contributed by atoms with van der Waals surface area (Å²) in [5.74, 6) is 1.44. The first-order valence-corrected chi connectivity index (χ1v) is 12.7. The summed E-state index contributed by atoms with van der Waals surface area (Å²) in [5, 5.41) is 7.09. The standard InChI is InChI=1S/C28H35N7.ClH/c1-19(2)35-18-31-25-26(33-28(34-27(25)35)32-24-14-12-23(29)13-15-24)30-17-16-20-8-10-22(11-9-20)21-6-4-3-5-7-21;/h3-11,18-19,23-24H,12-17,29H2,1-2H3,(H2,30,32,33,34);1H. The molecule has 1 fully saturated rings. The number of aromatic nitrogens is 4. The van der Waals surface area contributed by atoms with Crippen molar-refractivity contribution in [2.45, 2.75) is 64.1 Å². The lowest BCUT2D eigenvalue weighted by molar-refractivity contribution is 0.410. The predicted octanol–water partition coefficient (Wildman–Crippen LogP) is 5.83. The fraction of sp³-hybridized carbons (Fsp3) is 0.393. The molecule has 0 bridgehead atoms. The minimum atomic E-state index is 0. The van der Waals surface area contributed by atoms with E-state index in [-0.39, 0.29) is 18.4 Å². The third-order valence-corrected chi connectivity index (χ3v) is 6.85. The molecule has 0 radical (unpaired) electrons. The van der Waals surface area contributed by atoms with Gasteiger partial charge in [0.1, 0.15) is 0 Å². The van der Waals surface area contributed by atoms with Gasteiger partial charge in [0.25, 0.3) is 0 Å². The highest BCUT2D eigenvalue weighted by atomic mass is 35.5. The largest absolute Gasteiger partial charge is 0.368 e. The van der Waals surface area contributed by atoms with Gasteiger partial charge in [-0.25, -0.2) is 4.98 Å². The highest BCUT2D eigenvalue weighted by Crippen LogP contribution is 2.26. The van der Waals surface area contributed by atoms with E-state index in [0.29, 0.717) is 18.0 Å². The first-order chi connectivity index (χ1) is 17.1. The van der Waals surface area contributed by atoms with Crippen LogP contribution in [-0.2, 0) is 6.42 Å². The summed E-state index contributed by atoms with van der Waals surface area (Å²) in [4.78, 5) is 14.3. The van der Waals surface area contributed by atoms with Gasteiger partial charge in [0, 0.05) is 24.7 Å². The molecule has 2 aromatic carbocycles. The van der Waals surface area contributed by atoms with Crippen LogP contribution >= 0.6 is 12.4 Å². The third-order valence-electron chi connectivity index (χ3n) is 6.85. The number of benzene rings is 2. The van der Waals surface area contributed by atoms with Crippen LogP contribution in [0.5, 0.6) is 0 Å². The predicted molar refractivity (Wildman–Crippen MR) is 151 cm³/mol. The van der Waals surface area contributed by atoms with E-state index in [0.717, 1.165) is 55.6 Å². The highest BCUT2D eigenvalue weighted by molar-refractivity contribution is 5.85. The van der Waals surface area contributed by atoms with E-state index in [1.165, 1.54) is 16.7 Å². The van der Waals surface area contributed by atoms with Gasteiger partial charge in [-0.1, -0.05) is 54.6 Å². The third kappa shape index (κ3) is 5.97. The van der Waals surface area contributed by atoms with E-state index in [4.69, 9.17) is 15.7 Å². The number of hydrogen-bond donors (Lipinski definition) is 3.